The first-order valence-electron chi connectivity index (χ1n) is 18.9. The third-order valence-electron chi connectivity index (χ3n) is 13.0. The number of nitrogens with one attached hydrogen (secondary N) is 2. The average molecular weight is 647 g/mol. The van der Waals surface area contributed by atoms with Crippen molar-refractivity contribution < 1.29 is 0 Å². The van der Waals surface area contributed by atoms with Crippen LogP contribution in [-0.4, -0.2) is 19.9 Å². The van der Waals surface area contributed by atoms with Crippen molar-refractivity contribution >= 4 is 55.1 Å². The molecule has 14 rings (SSSR count). The number of benzene rings is 2. The summed E-state index contributed by atoms with van der Waals surface area (Å²) in [5.74, 6) is 1.70. The lowest BCUT2D eigenvalue weighted by Crippen LogP contribution is -2.18. The van der Waals surface area contributed by atoms with Gasteiger partial charge in [-0.05, 0) is 118 Å². The molecule has 242 valence electrons. The highest BCUT2D eigenvalue weighted by atomic mass is 14.8. The van der Waals surface area contributed by atoms with Gasteiger partial charge < -0.3 is 9.97 Å². The number of fused-ring (bicyclic) bond motifs is 15. The van der Waals surface area contributed by atoms with Crippen LogP contribution in [0.1, 0.15) is 98.1 Å². The Labute approximate surface area is 291 Å². The fraction of sp³-hybridized carbons (Fsp3) is 0.261. The third kappa shape index (κ3) is 3.47. The van der Waals surface area contributed by atoms with Crippen LogP contribution in [0.4, 0.5) is 0 Å². The predicted molar refractivity (Wildman–Crippen MR) is 206 cm³/mol. The summed E-state index contributed by atoms with van der Waals surface area (Å²) in [4.78, 5) is 19.0. The van der Waals surface area contributed by atoms with Crippen molar-refractivity contribution in [3.63, 3.8) is 0 Å². The molecule has 4 heteroatoms. The Morgan fingerprint density at radius 2 is 1.02 bits per heavy atom. The van der Waals surface area contributed by atoms with Crippen molar-refractivity contribution in [3.05, 3.63) is 119 Å². The van der Waals surface area contributed by atoms with Gasteiger partial charge in [-0.2, -0.15) is 0 Å². The monoisotopic (exact) mass is 646 g/mol. The summed E-state index contributed by atoms with van der Waals surface area (Å²) in [6.45, 7) is 4.57. The molecule has 0 amide bonds. The summed E-state index contributed by atoms with van der Waals surface area (Å²) in [6.07, 6.45) is 16.6. The van der Waals surface area contributed by atoms with Crippen molar-refractivity contribution in [1.82, 2.24) is 19.9 Å². The number of rotatable bonds is 2. The number of hydrogen-bond donors (Lipinski definition) is 2. The molecular formula is C46H38N4. The third-order valence-corrected chi connectivity index (χ3v) is 13.0. The minimum Gasteiger partial charge on any atom is -0.355 e. The number of allylic oxidation sites excluding steroid dienone is 8. The van der Waals surface area contributed by atoms with E-state index in [0.717, 1.165) is 41.1 Å². The van der Waals surface area contributed by atoms with E-state index in [9.17, 15) is 0 Å². The molecule has 0 saturated heterocycles. The molecule has 12 bridgehead atoms. The molecule has 2 aromatic carbocycles. The van der Waals surface area contributed by atoms with E-state index < -0.39 is 0 Å². The highest BCUT2D eigenvalue weighted by molar-refractivity contribution is 6.22. The quantitative estimate of drug-likeness (QED) is 0.184. The number of H-pyrrole nitrogens is 2. The molecule has 7 aliphatic carbocycles. The van der Waals surface area contributed by atoms with Crippen LogP contribution in [0.2, 0.25) is 0 Å². The lowest BCUT2D eigenvalue weighted by Gasteiger charge is -2.32. The highest BCUT2D eigenvalue weighted by Crippen LogP contribution is 2.55. The number of hydrogen-bond acceptors (Lipinski definition) is 2. The minimum absolute atomic E-state index is 0.410. The van der Waals surface area contributed by atoms with E-state index in [1.807, 2.05) is 0 Å². The molecule has 9 aliphatic rings. The molecule has 0 spiro atoms. The zero-order valence-corrected chi connectivity index (χ0v) is 28.5. The molecule has 5 aromatic rings. The SMILES string of the molecule is CCC1=C(CC)c2cc3[nH]c(cc4[nH]c(cc5nc(cc1n2)C1=C5C2C=CC1CC2)c1c4-c2cccc4cccc-1c24)c1c3C2C=CC1CC2. The van der Waals surface area contributed by atoms with E-state index in [1.54, 1.807) is 0 Å². The Kier molecular flexibility index (Phi) is 5.36. The van der Waals surface area contributed by atoms with Gasteiger partial charge in [-0.25, -0.2) is 9.97 Å². The average Bonchev–Trinajstić information content (AvgIpc) is 3.96. The van der Waals surface area contributed by atoms with Gasteiger partial charge in [-0.3, -0.25) is 0 Å². The van der Waals surface area contributed by atoms with E-state index in [1.165, 1.54) is 109 Å². The molecule has 4 nitrogen and oxygen atoms in total. The normalized spacial score (nSPS) is 23.3. The zero-order chi connectivity index (χ0) is 32.8. The maximum absolute atomic E-state index is 5.54. The standard InChI is InChI=1S/C46H38N4/c1-3-28-29(4-2)33-20-35-42-25-13-17-27(18-14-25)44(42)37(49-35)22-39-46-31-10-6-8-23-7-5-9-30(40(23)31)45(46)38(50-39)21-36-43-26-15-11-24(12-16-26)41(43)34(48-36)19-32(28)47-33/h5-11,13,15,17,19-22,24-27,48,50H,3-4,12,14,16,18H2,1-2H3. The van der Waals surface area contributed by atoms with Crippen LogP contribution in [-0.2, 0) is 0 Å². The lowest BCUT2D eigenvalue weighted by molar-refractivity contribution is 0.558. The fourth-order valence-corrected chi connectivity index (χ4v) is 10.9. The summed E-state index contributed by atoms with van der Waals surface area (Å²) in [7, 11) is 0. The van der Waals surface area contributed by atoms with Gasteiger partial charge >= 0.3 is 0 Å². The van der Waals surface area contributed by atoms with Gasteiger partial charge in [0, 0.05) is 56.9 Å². The molecule has 2 aliphatic heterocycles. The van der Waals surface area contributed by atoms with Crippen LogP contribution < -0.4 is 0 Å². The molecular weight excluding hydrogens is 609 g/mol. The van der Waals surface area contributed by atoms with Gasteiger partial charge in [0.2, 0.25) is 0 Å². The van der Waals surface area contributed by atoms with Crippen LogP contribution >= 0.6 is 0 Å². The number of nitrogens with zero attached hydrogens (tertiary/aromatic N) is 2. The Hall–Kier alpha value is -5.22. The highest BCUT2D eigenvalue weighted by Gasteiger charge is 2.38. The maximum Gasteiger partial charge on any atom is 0.0700 e. The van der Waals surface area contributed by atoms with Crippen LogP contribution in [0.3, 0.4) is 0 Å². The van der Waals surface area contributed by atoms with Gasteiger partial charge in [0.1, 0.15) is 0 Å². The lowest BCUT2D eigenvalue weighted by atomic mass is 9.70. The first-order chi connectivity index (χ1) is 24.7. The van der Waals surface area contributed by atoms with E-state index in [0.29, 0.717) is 23.7 Å². The van der Waals surface area contributed by atoms with E-state index >= 15 is 0 Å². The first kappa shape index (κ1) is 27.6. The topological polar surface area (TPSA) is 57.4 Å². The van der Waals surface area contributed by atoms with Crippen molar-refractivity contribution in [2.24, 2.45) is 11.8 Å². The Bertz CT molecular complexity index is 2700. The minimum atomic E-state index is 0.410. The number of aromatic amines is 2. The van der Waals surface area contributed by atoms with Crippen LogP contribution in [0.15, 0.2) is 85.0 Å². The molecule has 4 atom stereocenters. The summed E-state index contributed by atoms with van der Waals surface area (Å²) < 4.78 is 0. The summed E-state index contributed by atoms with van der Waals surface area (Å²) in [6, 6.07) is 23.1. The fourth-order valence-electron chi connectivity index (χ4n) is 10.9. The van der Waals surface area contributed by atoms with Crippen LogP contribution in [0.25, 0.3) is 77.4 Å². The van der Waals surface area contributed by atoms with Crippen molar-refractivity contribution in [1.29, 1.82) is 0 Å². The largest absolute Gasteiger partial charge is 0.355 e. The molecule has 0 fully saturated rings. The predicted octanol–water partition coefficient (Wildman–Crippen LogP) is 11.9. The van der Waals surface area contributed by atoms with Gasteiger partial charge in [0.15, 0.2) is 0 Å². The summed E-state index contributed by atoms with van der Waals surface area (Å²) in [5.41, 5.74) is 23.1. The Balaban J connectivity index is 1.27. The van der Waals surface area contributed by atoms with Gasteiger partial charge in [0.25, 0.3) is 0 Å². The van der Waals surface area contributed by atoms with Crippen LogP contribution in [0.5, 0.6) is 0 Å². The summed E-state index contributed by atoms with van der Waals surface area (Å²) in [5, 5.41) is 2.66. The second-order valence-corrected chi connectivity index (χ2v) is 15.4. The molecule has 3 aromatic heterocycles. The molecule has 5 heterocycles. The summed E-state index contributed by atoms with van der Waals surface area (Å²) >= 11 is 0. The Morgan fingerprint density at radius 3 is 1.62 bits per heavy atom. The van der Waals surface area contributed by atoms with Crippen molar-refractivity contribution in [2.45, 2.75) is 64.2 Å². The smallest absolute Gasteiger partial charge is 0.0700 e. The van der Waals surface area contributed by atoms with Gasteiger partial charge in [-0.1, -0.05) is 74.5 Å². The van der Waals surface area contributed by atoms with Crippen molar-refractivity contribution in [3.8, 4) is 22.3 Å². The van der Waals surface area contributed by atoms with E-state index in [2.05, 4.69) is 109 Å². The maximum atomic E-state index is 5.54. The molecule has 0 radical (unpaired) electrons. The second-order valence-electron chi connectivity index (χ2n) is 15.4. The number of aromatic nitrogens is 4. The molecule has 4 unspecified atom stereocenters. The first-order valence-corrected chi connectivity index (χ1v) is 18.9. The van der Waals surface area contributed by atoms with Gasteiger partial charge in [0.05, 0.1) is 22.8 Å². The molecule has 50 heavy (non-hydrogen) atoms. The second kappa shape index (κ2) is 9.72. The van der Waals surface area contributed by atoms with E-state index in [4.69, 9.17) is 9.97 Å². The Morgan fingerprint density at radius 1 is 0.540 bits per heavy atom. The van der Waals surface area contributed by atoms with Gasteiger partial charge in [-0.15, -0.1) is 0 Å². The molecule has 2 N–H and O–H groups in total. The van der Waals surface area contributed by atoms with Crippen LogP contribution in [0, 0.1) is 11.8 Å². The molecule has 0 saturated carbocycles. The van der Waals surface area contributed by atoms with E-state index in [-0.39, 0.29) is 0 Å². The zero-order valence-electron chi connectivity index (χ0n) is 28.5. The van der Waals surface area contributed by atoms with Crippen molar-refractivity contribution in [2.75, 3.05) is 0 Å².